The van der Waals surface area contributed by atoms with Gasteiger partial charge in [-0.05, 0) is 12.1 Å². The number of ether oxygens (including phenoxy) is 2. The Hall–Kier alpha value is -0.560. The van der Waals surface area contributed by atoms with Gasteiger partial charge in [0.15, 0.2) is 0 Å². The monoisotopic (exact) mass is 323 g/mol. The van der Waals surface area contributed by atoms with Gasteiger partial charge in [-0.1, -0.05) is 23.2 Å². The van der Waals surface area contributed by atoms with Crippen LogP contribution in [0.2, 0.25) is 10.0 Å². The van der Waals surface area contributed by atoms with Crippen molar-refractivity contribution in [2.75, 3.05) is 33.5 Å². The summed E-state index contributed by atoms with van der Waals surface area (Å²) in [6, 6.07) is 4.69. The van der Waals surface area contributed by atoms with E-state index in [1.807, 2.05) is 0 Å². The highest BCUT2D eigenvalue weighted by molar-refractivity contribution is 6.42. The molecule has 114 valence electrons. The number of nitrogens with one attached hydrogen (secondary N) is 1. The number of halogens is 2. The minimum atomic E-state index is -0.713. The second-order valence-corrected chi connectivity index (χ2v) is 5.10. The molecule has 0 bridgehead atoms. The first kappa shape index (κ1) is 17.5. The van der Waals surface area contributed by atoms with E-state index in [4.69, 9.17) is 37.8 Å². The van der Waals surface area contributed by atoms with Crippen molar-refractivity contribution in [3.05, 3.63) is 28.2 Å². The molecule has 0 amide bonds. The average Bonchev–Trinajstić information content (AvgIpc) is 2.44. The lowest BCUT2D eigenvalue weighted by molar-refractivity contribution is 0.0854. The summed E-state index contributed by atoms with van der Waals surface area (Å²) in [5.74, 6) is 0.536. The molecule has 0 saturated carbocycles. The van der Waals surface area contributed by atoms with Crippen LogP contribution in [0, 0.1) is 0 Å². The third-order valence-electron chi connectivity index (χ3n) is 2.56. The Morgan fingerprint density at radius 1 is 1.25 bits per heavy atom. The summed E-state index contributed by atoms with van der Waals surface area (Å²) in [4.78, 5) is 0. The summed E-state index contributed by atoms with van der Waals surface area (Å²) in [7, 11) is 1.55. The third-order valence-corrected chi connectivity index (χ3v) is 3.30. The maximum atomic E-state index is 9.78. The fraction of sp³-hybridized carbons (Fsp3) is 0.538. The zero-order chi connectivity index (χ0) is 15.0. The van der Waals surface area contributed by atoms with Gasteiger partial charge in [0, 0.05) is 19.7 Å². The molecule has 0 aliphatic carbocycles. The largest absolute Gasteiger partial charge is 0.491 e. The highest BCUT2D eigenvalue weighted by atomic mass is 35.5. The van der Waals surface area contributed by atoms with E-state index in [2.05, 4.69) is 5.32 Å². The predicted octanol–water partition coefficient (Wildman–Crippen LogP) is 1.33. The topological polar surface area (TPSA) is 71.0 Å². The molecule has 2 atom stereocenters. The third kappa shape index (κ3) is 6.26. The molecule has 7 heteroatoms. The van der Waals surface area contributed by atoms with Gasteiger partial charge in [0.2, 0.25) is 0 Å². The van der Waals surface area contributed by atoms with Crippen LogP contribution in [0.25, 0.3) is 0 Å². The summed E-state index contributed by atoms with van der Waals surface area (Å²) >= 11 is 11.6. The smallest absolute Gasteiger partial charge is 0.121 e. The van der Waals surface area contributed by atoms with Gasteiger partial charge in [-0.3, -0.25) is 0 Å². The van der Waals surface area contributed by atoms with E-state index in [0.29, 0.717) is 22.4 Å². The first-order chi connectivity index (χ1) is 9.56. The lowest BCUT2D eigenvalue weighted by atomic mass is 10.3. The maximum absolute atomic E-state index is 9.78. The lowest BCUT2D eigenvalue weighted by Gasteiger charge is -2.18. The van der Waals surface area contributed by atoms with Crippen molar-refractivity contribution in [3.63, 3.8) is 0 Å². The summed E-state index contributed by atoms with van der Waals surface area (Å²) in [5, 5.41) is 22.7. The molecular formula is C13H19Cl2NO4. The number of methoxy groups -OCH3 is 1. The molecule has 2 unspecified atom stereocenters. The van der Waals surface area contributed by atoms with Crippen molar-refractivity contribution in [3.8, 4) is 5.75 Å². The molecule has 1 aromatic rings. The molecule has 0 aliphatic heterocycles. The fourth-order valence-electron chi connectivity index (χ4n) is 1.50. The molecule has 0 saturated heterocycles. The minimum Gasteiger partial charge on any atom is -0.491 e. The van der Waals surface area contributed by atoms with Crippen LogP contribution in [0.1, 0.15) is 0 Å². The summed E-state index contributed by atoms with van der Waals surface area (Å²) < 4.78 is 10.3. The number of rotatable bonds is 9. The molecule has 0 heterocycles. The van der Waals surface area contributed by atoms with Crippen LogP contribution in [0.3, 0.4) is 0 Å². The van der Waals surface area contributed by atoms with Crippen LogP contribution in [-0.4, -0.2) is 55.8 Å². The summed E-state index contributed by atoms with van der Waals surface area (Å²) in [6.07, 6.45) is -0.713. The van der Waals surface area contributed by atoms with E-state index < -0.39 is 6.10 Å². The second kappa shape index (κ2) is 9.39. The van der Waals surface area contributed by atoms with Crippen LogP contribution in [-0.2, 0) is 4.74 Å². The molecular weight excluding hydrogens is 305 g/mol. The van der Waals surface area contributed by atoms with Crippen LogP contribution in [0.4, 0.5) is 0 Å². The van der Waals surface area contributed by atoms with Gasteiger partial charge in [0.05, 0.1) is 29.3 Å². The molecule has 0 aromatic heterocycles. The minimum absolute atomic E-state index is 0.0613. The van der Waals surface area contributed by atoms with Crippen molar-refractivity contribution in [1.82, 2.24) is 5.32 Å². The fourth-order valence-corrected chi connectivity index (χ4v) is 1.79. The number of aliphatic hydroxyl groups is 2. The lowest BCUT2D eigenvalue weighted by Crippen LogP contribution is -2.42. The van der Waals surface area contributed by atoms with E-state index in [-0.39, 0.29) is 25.8 Å². The molecule has 0 spiro atoms. The van der Waals surface area contributed by atoms with Crippen LogP contribution >= 0.6 is 23.2 Å². The number of aliphatic hydroxyl groups excluding tert-OH is 2. The highest BCUT2D eigenvalue weighted by Crippen LogP contribution is 2.26. The van der Waals surface area contributed by atoms with Gasteiger partial charge in [0.1, 0.15) is 18.5 Å². The predicted molar refractivity (Wildman–Crippen MR) is 78.7 cm³/mol. The molecule has 1 rings (SSSR count). The summed E-state index contributed by atoms with van der Waals surface area (Å²) in [6.45, 7) is 0.705. The Kier molecular flexibility index (Phi) is 8.21. The molecule has 3 N–H and O–H groups in total. The van der Waals surface area contributed by atoms with Gasteiger partial charge in [-0.25, -0.2) is 0 Å². The van der Waals surface area contributed by atoms with Crippen LogP contribution in [0.5, 0.6) is 5.75 Å². The van der Waals surface area contributed by atoms with Gasteiger partial charge < -0.3 is 25.0 Å². The van der Waals surface area contributed by atoms with Crippen molar-refractivity contribution >= 4 is 23.2 Å². The zero-order valence-corrected chi connectivity index (χ0v) is 12.7. The Bertz CT molecular complexity index is 406. The molecule has 0 fully saturated rings. The van der Waals surface area contributed by atoms with Gasteiger partial charge >= 0.3 is 0 Å². The van der Waals surface area contributed by atoms with Crippen LogP contribution in [0.15, 0.2) is 18.2 Å². The van der Waals surface area contributed by atoms with E-state index in [1.165, 1.54) is 0 Å². The number of hydrogen-bond acceptors (Lipinski definition) is 5. The van der Waals surface area contributed by atoms with E-state index in [9.17, 15) is 5.11 Å². The van der Waals surface area contributed by atoms with Crippen molar-refractivity contribution in [1.29, 1.82) is 0 Å². The summed E-state index contributed by atoms with van der Waals surface area (Å²) in [5.41, 5.74) is 0. The number of benzene rings is 1. The molecule has 0 aliphatic rings. The van der Waals surface area contributed by atoms with E-state index in [0.717, 1.165) is 0 Å². The van der Waals surface area contributed by atoms with Gasteiger partial charge in [-0.15, -0.1) is 0 Å². The van der Waals surface area contributed by atoms with Gasteiger partial charge in [0.25, 0.3) is 0 Å². The Morgan fingerprint density at radius 3 is 2.60 bits per heavy atom. The first-order valence-electron chi connectivity index (χ1n) is 6.16. The Balaban J connectivity index is 2.31. The molecule has 20 heavy (non-hydrogen) atoms. The van der Waals surface area contributed by atoms with Gasteiger partial charge in [-0.2, -0.15) is 0 Å². The SMILES string of the molecule is COCC(CO)NCC(O)COc1ccc(Cl)c(Cl)c1. The van der Waals surface area contributed by atoms with Crippen LogP contribution < -0.4 is 10.1 Å². The maximum Gasteiger partial charge on any atom is 0.121 e. The first-order valence-corrected chi connectivity index (χ1v) is 6.91. The average molecular weight is 324 g/mol. The highest BCUT2D eigenvalue weighted by Gasteiger charge is 2.11. The van der Waals surface area contributed by atoms with E-state index in [1.54, 1.807) is 25.3 Å². The normalized spacial score (nSPS) is 14.1. The van der Waals surface area contributed by atoms with Crippen molar-refractivity contribution < 1.29 is 19.7 Å². The molecule has 1 aromatic carbocycles. The van der Waals surface area contributed by atoms with Crippen molar-refractivity contribution in [2.24, 2.45) is 0 Å². The standard InChI is InChI=1S/C13H19Cl2NO4/c1-19-7-9(6-17)16-5-10(18)8-20-11-2-3-12(14)13(15)4-11/h2-4,9-10,16-18H,5-8H2,1H3. The second-order valence-electron chi connectivity index (χ2n) is 4.28. The molecule has 5 nitrogen and oxygen atoms in total. The quantitative estimate of drug-likeness (QED) is 0.639. The van der Waals surface area contributed by atoms with Crippen molar-refractivity contribution in [2.45, 2.75) is 12.1 Å². The number of hydrogen-bond donors (Lipinski definition) is 3. The van der Waals surface area contributed by atoms with E-state index >= 15 is 0 Å². The molecule has 0 radical (unpaired) electrons. The Morgan fingerprint density at radius 2 is 2.00 bits per heavy atom. The zero-order valence-electron chi connectivity index (χ0n) is 11.2. The Labute approximate surface area is 128 Å².